The number of carbonyl (C=O) groups is 1. The molecule has 0 spiro atoms. The summed E-state index contributed by atoms with van der Waals surface area (Å²) in [4.78, 5) is 16.5. The lowest BCUT2D eigenvalue weighted by Crippen LogP contribution is -2.52. The fourth-order valence-electron chi connectivity index (χ4n) is 3.12. The van der Waals surface area contributed by atoms with E-state index in [0.717, 1.165) is 46.4 Å². The van der Waals surface area contributed by atoms with Gasteiger partial charge in [0.25, 0.3) is 0 Å². The van der Waals surface area contributed by atoms with E-state index in [4.69, 9.17) is 16.9 Å². The SMILES string of the molecule is N#Cc1ccccc1CSCCNC(=O)N1CCN(c2cccc(Cl)c2)CC1. The highest BCUT2D eigenvalue weighted by atomic mass is 35.5. The highest BCUT2D eigenvalue weighted by Gasteiger charge is 2.21. The molecule has 7 heteroatoms. The summed E-state index contributed by atoms with van der Waals surface area (Å²) in [6, 6.07) is 17.7. The van der Waals surface area contributed by atoms with Gasteiger partial charge in [-0.15, -0.1) is 0 Å². The monoisotopic (exact) mass is 414 g/mol. The Balaban J connectivity index is 1.35. The fraction of sp³-hybridized carbons (Fsp3) is 0.333. The quantitative estimate of drug-likeness (QED) is 0.726. The predicted octanol–water partition coefficient (Wildman–Crippen LogP) is 3.98. The van der Waals surface area contributed by atoms with Crippen molar-refractivity contribution in [2.45, 2.75) is 5.75 Å². The lowest BCUT2D eigenvalue weighted by Gasteiger charge is -2.36. The minimum absolute atomic E-state index is 0.0104. The van der Waals surface area contributed by atoms with E-state index < -0.39 is 0 Å². The van der Waals surface area contributed by atoms with Crippen molar-refractivity contribution in [3.05, 3.63) is 64.7 Å². The summed E-state index contributed by atoms with van der Waals surface area (Å²) in [6.45, 7) is 3.61. The Morgan fingerprint density at radius 1 is 1.14 bits per heavy atom. The third-order valence-electron chi connectivity index (χ3n) is 4.66. The lowest BCUT2D eigenvalue weighted by atomic mass is 10.1. The van der Waals surface area contributed by atoms with Crippen LogP contribution in [0, 0.1) is 11.3 Å². The van der Waals surface area contributed by atoms with Crippen LogP contribution >= 0.6 is 23.4 Å². The number of thioether (sulfide) groups is 1. The normalized spacial score (nSPS) is 13.9. The second kappa shape index (κ2) is 10.3. The molecule has 1 aliphatic rings. The number of piperazine rings is 1. The number of hydrogen-bond acceptors (Lipinski definition) is 4. The van der Waals surface area contributed by atoms with Gasteiger partial charge in [0.15, 0.2) is 0 Å². The Morgan fingerprint density at radius 3 is 2.68 bits per heavy atom. The first-order valence-electron chi connectivity index (χ1n) is 9.26. The molecule has 0 aromatic heterocycles. The lowest BCUT2D eigenvalue weighted by molar-refractivity contribution is 0.195. The van der Waals surface area contributed by atoms with Crippen molar-refractivity contribution in [2.24, 2.45) is 0 Å². The van der Waals surface area contributed by atoms with Crippen LogP contribution in [0.1, 0.15) is 11.1 Å². The molecule has 2 aromatic carbocycles. The average Bonchev–Trinajstić information content (AvgIpc) is 2.74. The molecule has 0 saturated carbocycles. The summed E-state index contributed by atoms with van der Waals surface area (Å²) in [5.41, 5.74) is 2.86. The average molecular weight is 415 g/mol. The van der Waals surface area contributed by atoms with E-state index >= 15 is 0 Å². The van der Waals surface area contributed by atoms with E-state index in [-0.39, 0.29) is 6.03 Å². The van der Waals surface area contributed by atoms with Gasteiger partial charge in [0.05, 0.1) is 11.6 Å². The number of benzene rings is 2. The van der Waals surface area contributed by atoms with Crippen LogP contribution in [0.2, 0.25) is 5.02 Å². The zero-order chi connectivity index (χ0) is 19.8. The van der Waals surface area contributed by atoms with Crippen LogP contribution in [0.5, 0.6) is 0 Å². The molecule has 146 valence electrons. The third kappa shape index (κ3) is 5.57. The van der Waals surface area contributed by atoms with Gasteiger partial charge in [0.1, 0.15) is 0 Å². The summed E-state index contributed by atoms with van der Waals surface area (Å²) in [7, 11) is 0. The van der Waals surface area contributed by atoms with E-state index in [0.29, 0.717) is 19.6 Å². The second-order valence-electron chi connectivity index (χ2n) is 6.51. The van der Waals surface area contributed by atoms with Crippen LogP contribution in [0.3, 0.4) is 0 Å². The van der Waals surface area contributed by atoms with Crippen molar-refractivity contribution in [3.63, 3.8) is 0 Å². The van der Waals surface area contributed by atoms with Crippen LogP contribution in [0.4, 0.5) is 10.5 Å². The van der Waals surface area contributed by atoms with E-state index in [9.17, 15) is 4.79 Å². The van der Waals surface area contributed by atoms with Crippen LogP contribution in [0.25, 0.3) is 0 Å². The molecule has 2 amide bonds. The predicted molar refractivity (Wildman–Crippen MR) is 116 cm³/mol. The van der Waals surface area contributed by atoms with Crippen molar-refractivity contribution >= 4 is 35.1 Å². The van der Waals surface area contributed by atoms with Gasteiger partial charge in [-0.25, -0.2) is 4.79 Å². The number of carbonyl (C=O) groups excluding carboxylic acids is 1. The molecule has 1 heterocycles. The van der Waals surface area contributed by atoms with Gasteiger partial charge in [-0.3, -0.25) is 0 Å². The fourth-order valence-corrected chi connectivity index (χ4v) is 4.17. The maximum absolute atomic E-state index is 12.4. The van der Waals surface area contributed by atoms with Gasteiger partial charge in [-0.2, -0.15) is 17.0 Å². The van der Waals surface area contributed by atoms with Gasteiger partial charge in [-0.05, 0) is 29.8 Å². The molecule has 1 fully saturated rings. The standard InChI is InChI=1S/C21H23ClN4OS/c22-19-6-3-7-20(14-19)25-9-11-26(12-10-25)21(27)24-8-13-28-16-18-5-2-1-4-17(18)15-23/h1-7,14H,8-13,16H2,(H,24,27). The Morgan fingerprint density at radius 2 is 1.93 bits per heavy atom. The largest absolute Gasteiger partial charge is 0.368 e. The Bertz CT molecular complexity index is 846. The molecular formula is C21H23ClN4OS. The highest BCUT2D eigenvalue weighted by molar-refractivity contribution is 7.98. The smallest absolute Gasteiger partial charge is 0.317 e. The molecule has 0 unspecified atom stereocenters. The van der Waals surface area contributed by atoms with Crippen molar-refractivity contribution in [2.75, 3.05) is 43.4 Å². The van der Waals surface area contributed by atoms with Crippen molar-refractivity contribution < 1.29 is 4.79 Å². The van der Waals surface area contributed by atoms with Crippen molar-refractivity contribution in [3.8, 4) is 6.07 Å². The molecule has 0 aliphatic carbocycles. The van der Waals surface area contributed by atoms with Crippen molar-refractivity contribution in [1.29, 1.82) is 5.26 Å². The molecule has 0 radical (unpaired) electrons. The Labute approximate surface area is 175 Å². The highest BCUT2D eigenvalue weighted by Crippen LogP contribution is 2.21. The molecule has 1 N–H and O–H groups in total. The molecular weight excluding hydrogens is 392 g/mol. The van der Waals surface area contributed by atoms with Gasteiger partial charge >= 0.3 is 6.03 Å². The number of rotatable bonds is 6. The van der Waals surface area contributed by atoms with E-state index in [1.54, 1.807) is 11.8 Å². The zero-order valence-corrected chi connectivity index (χ0v) is 17.2. The Hall–Kier alpha value is -2.36. The second-order valence-corrected chi connectivity index (χ2v) is 8.05. The molecule has 5 nitrogen and oxygen atoms in total. The van der Waals surface area contributed by atoms with Gasteiger partial charge in [0.2, 0.25) is 0 Å². The number of urea groups is 1. The van der Waals surface area contributed by atoms with Gasteiger partial charge in [0, 0.05) is 54.9 Å². The molecule has 1 saturated heterocycles. The van der Waals surface area contributed by atoms with Crippen LogP contribution < -0.4 is 10.2 Å². The molecule has 0 atom stereocenters. The summed E-state index contributed by atoms with van der Waals surface area (Å²) >= 11 is 7.78. The molecule has 28 heavy (non-hydrogen) atoms. The van der Waals surface area contributed by atoms with Gasteiger partial charge < -0.3 is 15.1 Å². The number of anilines is 1. The molecule has 0 bridgehead atoms. The van der Waals surface area contributed by atoms with Crippen molar-refractivity contribution in [1.82, 2.24) is 10.2 Å². The van der Waals surface area contributed by atoms with Crippen LogP contribution in [-0.4, -0.2) is 49.4 Å². The maximum atomic E-state index is 12.4. The Kier molecular flexibility index (Phi) is 7.46. The van der Waals surface area contributed by atoms with Crippen LogP contribution in [-0.2, 0) is 5.75 Å². The zero-order valence-electron chi connectivity index (χ0n) is 15.6. The van der Waals surface area contributed by atoms with E-state index in [2.05, 4.69) is 16.3 Å². The molecule has 3 rings (SSSR count). The van der Waals surface area contributed by atoms with Gasteiger partial charge in [-0.1, -0.05) is 35.9 Å². The number of hydrogen-bond donors (Lipinski definition) is 1. The number of amides is 2. The number of nitrogens with one attached hydrogen (secondary N) is 1. The summed E-state index contributed by atoms with van der Waals surface area (Å²) < 4.78 is 0. The summed E-state index contributed by atoms with van der Waals surface area (Å²) in [5, 5.41) is 12.8. The first-order valence-corrected chi connectivity index (χ1v) is 10.8. The first-order chi connectivity index (χ1) is 13.7. The minimum Gasteiger partial charge on any atom is -0.368 e. The summed E-state index contributed by atoms with van der Waals surface area (Å²) in [6.07, 6.45) is 0. The van der Waals surface area contributed by atoms with Crippen LogP contribution in [0.15, 0.2) is 48.5 Å². The van der Waals surface area contributed by atoms with E-state index in [1.165, 1.54) is 0 Å². The topological polar surface area (TPSA) is 59.4 Å². The summed E-state index contributed by atoms with van der Waals surface area (Å²) in [5.74, 6) is 1.59. The maximum Gasteiger partial charge on any atom is 0.317 e. The third-order valence-corrected chi connectivity index (χ3v) is 5.90. The molecule has 2 aromatic rings. The number of halogens is 1. The first kappa shape index (κ1) is 20.4. The number of nitriles is 1. The number of nitrogens with zero attached hydrogens (tertiary/aromatic N) is 3. The minimum atomic E-state index is -0.0104. The van der Waals surface area contributed by atoms with E-state index in [1.807, 2.05) is 53.4 Å². The molecule has 1 aliphatic heterocycles.